The van der Waals surface area contributed by atoms with Gasteiger partial charge in [-0.2, -0.15) is 22.1 Å². The maximum Gasteiger partial charge on any atom is 0.158 e. The molecule has 9 nitrogen and oxygen atoms in total. The Balaban J connectivity index is 1.58. The zero-order valence-electron chi connectivity index (χ0n) is 16.7. The summed E-state index contributed by atoms with van der Waals surface area (Å²) in [7, 11) is 1.48. The number of H-pyrrole nitrogens is 1. The Morgan fingerprint density at radius 1 is 1.26 bits per heavy atom. The zero-order valence-corrected chi connectivity index (χ0v) is 17.5. The van der Waals surface area contributed by atoms with Gasteiger partial charge in [-0.05, 0) is 0 Å². The van der Waals surface area contributed by atoms with Gasteiger partial charge in [-0.3, -0.25) is 5.10 Å². The van der Waals surface area contributed by atoms with Crippen LogP contribution in [0.3, 0.4) is 0 Å². The van der Waals surface area contributed by atoms with Gasteiger partial charge in [0, 0.05) is 37.0 Å². The second kappa shape index (κ2) is 9.63. The molecule has 2 aromatic heterocycles. The number of benzene rings is 1. The van der Waals surface area contributed by atoms with E-state index in [1.807, 2.05) is 17.8 Å². The predicted octanol–water partition coefficient (Wildman–Crippen LogP) is 2.71. The number of hydrogen-bond donors (Lipinski definition) is 3. The average Bonchev–Trinajstić information content (AvgIpc) is 3.26. The molecule has 0 spiro atoms. The van der Waals surface area contributed by atoms with Crippen LogP contribution in [0, 0.1) is 17.1 Å². The minimum atomic E-state index is -0.448. The molecule has 1 fully saturated rings. The van der Waals surface area contributed by atoms with E-state index < -0.39 is 5.82 Å². The van der Waals surface area contributed by atoms with Gasteiger partial charge in [0.2, 0.25) is 0 Å². The maximum absolute atomic E-state index is 14.2. The average molecular weight is 441 g/mol. The minimum Gasteiger partial charge on any atom is -0.496 e. The number of ether oxygens (including phenoxy) is 2. The van der Waals surface area contributed by atoms with Crippen molar-refractivity contribution in [3.8, 4) is 28.8 Å². The normalized spacial score (nSPS) is 15.8. The highest BCUT2D eigenvalue weighted by Crippen LogP contribution is 2.39. The van der Waals surface area contributed by atoms with E-state index in [2.05, 4.69) is 30.8 Å². The van der Waals surface area contributed by atoms with Crippen LogP contribution in [0.25, 0.3) is 11.3 Å². The van der Waals surface area contributed by atoms with Crippen LogP contribution >= 0.6 is 11.8 Å². The molecule has 0 unspecified atom stereocenters. The van der Waals surface area contributed by atoms with Crippen molar-refractivity contribution in [2.75, 3.05) is 37.9 Å². The Kier molecular flexibility index (Phi) is 6.49. The first-order valence-electron chi connectivity index (χ1n) is 9.54. The van der Waals surface area contributed by atoms with Crippen molar-refractivity contribution in [2.24, 2.45) is 0 Å². The molecule has 1 aliphatic rings. The van der Waals surface area contributed by atoms with E-state index in [-0.39, 0.29) is 10.9 Å². The molecule has 1 aromatic carbocycles. The van der Waals surface area contributed by atoms with Crippen LogP contribution in [0.4, 0.5) is 16.0 Å². The minimum absolute atomic E-state index is 0.220. The lowest BCUT2D eigenvalue weighted by Gasteiger charge is -2.23. The third kappa shape index (κ3) is 5.04. The van der Waals surface area contributed by atoms with Crippen LogP contribution < -0.4 is 20.1 Å². The van der Waals surface area contributed by atoms with Gasteiger partial charge < -0.3 is 20.1 Å². The monoisotopic (exact) mass is 441 g/mol. The number of halogens is 1. The van der Waals surface area contributed by atoms with Crippen LogP contribution in [0.1, 0.15) is 5.69 Å². The standard InChI is InChI=1S/C20H20FN7O2S/c1-29-16-4-12(21)5-17(30-11-14-9-23-2-3-31-14)20(16)15-6-18(28-27-15)26-19-10-24-13(7-22)8-25-19/h4-6,8,10,14,23H,2-3,9,11H2,1H3,(H2,25,26,27,28)/t14-/m0/s1. The molecule has 11 heteroatoms. The second-order valence-corrected chi connectivity index (χ2v) is 8.09. The lowest BCUT2D eigenvalue weighted by molar-refractivity contribution is 0.309. The quantitative estimate of drug-likeness (QED) is 0.508. The van der Waals surface area contributed by atoms with Crippen molar-refractivity contribution in [1.82, 2.24) is 25.5 Å². The topological polar surface area (TPSA) is 121 Å². The summed E-state index contributed by atoms with van der Waals surface area (Å²) >= 11 is 1.83. The lowest BCUT2D eigenvalue weighted by Crippen LogP contribution is -2.36. The molecule has 4 rings (SSSR count). The lowest BCUT2D eigenvalue weighted by atomic mass is 10.1. The van der Waals surface area contributed by atoms with Crippen molar-refractivity contribution in [1.29, 1.82) is 5.26 Å². The molecule has 3 aromatic rings. The van der Waals surface area contributed by atoms with E-state index in [0.717, 1.165) is 18.8 Å². The molecule has 0 saturated carbocycles. The van der Waals surface area contributed by atoms with Gasteiger partial charge in [0.25, 0.3) is 0 Å². The van der Waals surface area contributed by atoms with Crippen LogP contribution in [0.15, 0.2) is 30.6 Å². The molecule has 3 heterocycles. The van der Waals surface area contributed by atoms with Crippen LogP contribution in [-0.2, 0) is 0 Å². The molecular formula is C20H20FN7O2S. The SMILES string of the molecule is COc1cc(F)cc(OC[C@@H]2CNCCS2)c1-c1cc(Nc2cnc(C#N)cn2)n[nH]1. The number of rotatable bonds is 7. The smallest absolute Gasteiger partial charge is 0.158 e. The van der Waals surface area contributed by atoms with Crippen molar-refractivity contribution in [3.63, 3.8) is 0 Å². The zero-order chi connectivity index (χ0) is 21.6. The third-order valence-electron chi connectivity index (χ3n) is 4.55. The molecule has 160 valence electrons. The van der Waals surface area contributed by atoms with Crippen molar-refractivity contribution in [2.45, 2.75) is 5.25 Å². The number of nitrogens with zero attached hydrogens (tertiary/aromatic N) is 4. The van der Waals surface area contributed by atoms with Gasteiger partial charge in [0.15, 0.2) is 11.5 Å². The number of hydrogen-bond acceptors (Lipinski definition) is 9. The Morgan fingerprint density at radius 3 is 2.84 bits per heavy atom. The molecule has 0 bridgehead atoms. The van der Waals surface area contributed by atoms with Gasteiger partial charge >= 0.3 is 0 Å². The van der Waals surface area contributed by atoms with Gasteiger partial charge in [0.1, 0.15) is 35.8 Å². The first kappa shape index (κ1) is 20.9. The van der Waals surface area contributed by atoms with Gasteiger partial charge in [-0.15, -0.1) is 0 Å². The summed E-state index contributed by atoms with van der Waals surface area (Å²) in [4.78, 5) is 8.08. The first-order valence-corrected chi connectivity index (χ1v) is 10.6. The number of methoxy groups -OCH3 is 1. The summed E-state index contributed by atoms with van der Waals surface area (Å²) in [5, 5.41) is 22.6. The van der Waals surface area contributed by atoms with Crippen LogP contribution in [0.2, 0.25) is 0 Å². The van der Waals surface area contributed by atoms with Crippen LogP contribution in [0.5, 0.6) is 11.5 Å². The Hall–Kier alpha value is -3.36. The number of anilines is 2. The molecule has 3 N–H and O–H groups in total. The summed E-state index contributed by atoms with van der Waals surface area (Å²) in [5.74, 6) is 2.17. The molecule has 0 aliphatic carbocycles. The molecular weight excluding hydrogens is 421 g/mol. The third-order valence-corrected chi connectivity index (χ3v) is 5.76. The number of nitriles is 1. The molecule has 1 aliphatic heterocycles. The van der Waals surface area contributed by atoms with Gasteiger partial charge in [-0.1, -0.05) is 0 Å². The fourth-order valence-corrected chi connectivity index (χ4v) is 4.10. The van der Waals surface area contributed by atoms with E-state index in [9.17, 15) is 4.39 Å². The fraction of sp³-hybridized carbons (Fsp3) is 0.300. The molecule has 0 amide bonds. The first-order chi connectivity index (χ1) is 15.2. The Labute approximate surface area is 182 Å². The van der Waals surface area contributed by atoms with Crippen LogP contribution in [-0.4, -0.2) is 58.0 Å². The number of aromatic amines is 1. The van der Waals surface area contributed by atoms with E-state index >= 15 is 0 Å². The number of nitrogens with one attached hydrogen (secondary N) is 3. The predicted molar refractivity (Wildman–Crippen MR) is 115 cm³/mol. The van der Waals surface area contributed by atoms with Gasteiger partial charge in [-0.25, -0.2) is 14.4 Å². The van der Waals surface area contributed by atoms with E-state index in [0.29, 0.717) is 41.0 Å². The molecule has 31 heavy (non-hydrogen) atoms. The summed E-state index contributed by atoms with van der Waals surface area (Å²) in [6, 6.07) is 6.30. The molecule has 0 radical (unpaired) electrons. The Morgan fingerprint density at radius 2 is 2.13 bits per heavy atom. The van der Waals surface area contributed by atoms with Crippen molar-refractivity contribution < 1.29 is 13.9 Å². The second-order valence-electron chi connectivity index (χ2n) is 6.68. The summed E-state index contributed by atoms with van der Waals surface area (Å²) < 4.78 is 25.6. The fourth-order valence-electron chi connectivity index (χ4n) is 3.10. The highest BCUT2D eigenvalue weighted by molar-refractivity contribution is 8.00. The summed E-state index contributed by atoms with van der Waals surface area (Å²) in [6.45, 7) is 2.27. The molecule has 1 saturated heterocycles. The van der Waals surface area contributed by atoms with Gasteiger partial charge in [0.05, 0.1) is 36.0 Å². The Bertz CT molecular complexity index is 1080. The van der Waals surface area contributed by atoms with E-state index in [1.165, 1.54) is 31.6 Å². The highest BCUT2D eigenvalue weighted by atomic mass is 32.2. The largest absolute Gasteiger partial charge is 0.496 e. The maximum atomic E-state index is 14.2. The summed E-state index contributed by atoms with van der Waals surface area (Å²) in [5.41, 5.74) is 1.38. The number of thioether (sulfide) groups is 1. The van der Waals surface area contributed by atoms with E-state index in [1.54, 1.807) is 6.07 Å². The highest BCUT2D eigenvalue weighted by Gasteiger charge is 2.20. The van der Waals surface area contributed by atoms with E-state index in [4.69, 9.17) is 14.7 Å². The molecule has 1 atom stereocenters. The van der Waals surface area contributed by atoms with Crippen molar-refractivity contribution >= 4 is 23.4 Å². The van der Waals surface area contributed by atoms with Crippen molar-refractivity contribution in [3.05, 3.63) is 42.1 Å². The number of aromatic nitrogens is 4. The summed E-state index contributed by atoms with van der Waals surface area (Å²) in [6.07, 6.45) is 2.80.